The molecule has 4 N–H and O–H groups in total. The first-order chi connectivity index (χ1) is 4.20. The van der Waals surface area contributed by atoms with E-state index in [4.69, 9.17) is 15.9 Å². The number of aliphatic hydroxyl groups excluding tert-OH is 2. The quantitative estimate of drug-likeness (QED) is 0.476. The van der Waals surface area contributed by atoms with Gasteiger partial charge in [-0.15, -0.1) is 0 Å². The molecule has 0 bridgehead atoms. The Balaban J connectivity index is 3.22. The summed E-state index contributed by atoms with van der Waals surface area (Å²) in [5, 5.41) is 17.0. The van der Waals surface area contributed by atoms with Gasteiger partial charge >= 0.3 is 0 Å². The molecule has 0 aromatic carbocycles. The van der Waals surface area contributed by atoms with E-state index in [-0.39, 0.29) is 25.2 Å². The van der Waals surface area contributed by atoms with Crippen LogP contribution in [0.1, 0.15) is 13.3 Å². The van der Waals surface area contributed by atoms with Crippen molar-refractivity contribution >= 4 is 0 Å². The minimum absolute atomic E-state index is 0.00431. The Bertz CT molecular complexity index is 60.1. The van der Waals surface area contributed by atoms with Crippen molar-refractivity contribution in [3.8, 4) is 0 Å². The maximum atomic E-state index is 8.54. The van der Waals surface area contributed by atoms with Gasteiger partial charge < -0.3 is 15.9 Å². The van der Waals surface area contributed by atoms with Gasteiger partial charge in [0.05, 0.1) is 6.61 Å². The summed E-state index contributed by atoms with van der Waals surface area (Å²) in [4.78, 5) is 0. The van der Waals surface area contributed by atoms with Crippen molar-refractivity contribution in [3.05, 3.63) is 0 Å². The fourth-order valence-electron chi connectivity index (χ4n) is 0.666. The number of hydrogen-bond acceptors (Lipinski definition) is 3. The summed E-state index contributed by atoms with van der Waals surface area (Å²) in [6, 6.07) is -0.174. The van der Waals surface area contributed by atoms with Crippen LogP contribution in [-0.4, -0.2) is 29.5 Å². The minimum atomic E-state index is -0.174. The van der Waals surface area contributed by atoms with Gasteiger partial charge in [0, 0.05) is 12.6 Å². The third-order valence-corrected chi connectivity index (χ3v) is 1.25. The Labute approximate surface area is 55.5 Å². The molecule has 0 spiro atoms. The molecule has 0 aromatic rings. The Morgan fingerprint density at radius 1 is 1.33 bits per heavy atom. The molecule has 56 valence electrons. The highest BCUT2D eigenvalue weighted by molar-refractivity contribution is 4.62. The van der Waals surface area contributed by atoms with E-state index in [1.165, 1.54) is 0 Å². The molecule has 0 saturated heterocycles. The van der Waals surface area contributed by atoms with E-state index >= 15 is 0 Å². The molecule has 0 fully saturated rings. The summed E-state index contributed by atoms with van der Waals surface area (Å²) in [7, 11) is 0. The highest BCUT2D eigenvalue weighted by Gasteiger charge is 2.05. The fourth-order valence-corrected chi connectivity index (χ4v) is 0.666. The van der Waals surface area contributed by atoms with Crippen molar-refractivity contribution in [2.75, 3.05) is 13.2 Å². The Kier molecular flexibility index (Phi) is 4.67. The molecule has 0 unspecified atom stereocenters. The van der Waals surface area contributed by atoms with E-state index in [9.17, 15) is 0 Å². The van der Waals surface area contributed by atoms with Crippen LogP contribution in [0.15, 0.2) is 0 Å². The Morgan fingerprint density at radius 2 is 1.89 bits per heavy atom. The van der Waals surface area contributed by atoms with E-state index in [1.54, 1.807) is 0 Å². The average Bonchev–Trinajstić information content (AvgIpc) is 1.87. The zero-order chi connectivity index (χ0) is 7.28. The van der Waals surface area contributed by atoms with Gasteiger partial charge in [-0.25, -0.2) is 0 Å². The second-order valence-corrected chi connectivity index (χ2v) is 2.47. The van der Waals surface area contributed by atoms with Gasteiger partial charge in [-0.3, -0.25) is 0 Å². The lowest BCUT2D eigenvalue weighted by molar-refractivity contribution is 0.198. The first-order valence-electron chi connectivity index (χ1n) is 3.18. The van der Waals surface area contributed by atoms with Crippen molar-refractivity contribution in [1.29, 1.82) is 0 Å². The summed E-state index contributed by atoms with van der Waals surface area (Å²) >= 11 is 0. The smallest absolute Gasteiger partial charge is 0.0582 e. The van der Waals surface area contributed by atoms with Gasteiger partial charge in [0.15, 0.2) is 0 Å². The highest BCUT2D eigenvalue weighted by Crippen LogP contribution is 2.01. The summed E-state index contributed by atoms with van der Waals surface area (Å²) in [5.74, 6) is 0.201. The maximum Gasteiger partial charge on any atom is 0.0582 e. The lowest BCUT2D eigenvalue weighted by Gasteiger charge is -2.11. The monoisotopic (exact) mass is 133 g/mol. The van der Waals surface area contributed by atoms with E-state index in [2.05, 4.69) is 0 Å². The van der Waals surface area contributed by atoms with E-state index in [0.717, 1.165) is 0 Å². The summed E-state index contributed by atoms with van der Waals surface area (Å²) in [5.41, 5.74) is 5.39. The maximum absolute atomic E-state index is 8.54. The summed E-state index contributed by atoms with van der Waals surface area (Å²) in [6.07, 6.45) is 0.688. The molecule has 0 saturated carbocycles. The van der Waals surface area contributed by atoms with Gasteiger partial charge in [-0.2, -0.15) is 0 Å². The minimum Gasteiger partial charge on any atom is -0.396 e. The molecule has 0 aliphatic carbocycles. The van der Waals surface area contributed by atoms with Crippen molar-refractivity contribution in [2.24, 2.45) is 11.7 Å². The standard InChI is InChI=1S/C6H15NO2/c1-5(3-8)2-6(7)4-9/h5-6,8-9H,2-4,7H2,1H3/t5-,6-/m0/s1. The average molecular weight is 133 g/mol. The van der Waals surface area contributed by atoms with E-state index < -0.39 is 0 Å². The van der Waals surface area contributed by atoms with Crippen LogP contribution in [-0.2, 0) is 0 Å². The highest BCUT2D eigenvalue weighted by atomic mass is 16.3. The van der Waals surface area contributed by atoms with E-state index in [1.807, 2.05) is 6.92 Å². The number of rotatable bonds is 4. The molecule has 0 amide bonds. The van der Waals surface area contributed by atoms with Gasteiger partial charge in [0.1, 0.15) is 0 Å². The van der Waals surface area contributed by atoms with Crippen LogP contribution >= 0.6 is 0 Å². The van der Waals surface area contributed by atoms with Crippen LogP contribution in [0, 0.1) is 5.92 Å². The normalized spacial score (nSPS) is 17.3. The van der Waals surface area contributed by atoms with Crippen molar-refractivity contribution in [1.82, 2.24) is 0 Å². The molecule has 2 atom stereocenters. The molecular weight excluding hydrogens is 118 g/mol. The topological polar surface area (TPSA) is 66.5 Å². The first-order valence-corrected chi connectivity index (χ1v) is 3.18. The SMILES string of the molecule is C[C@H](CO)C[C@H](N)CO. The lowest BCUT2D eigenvalue weighted by atomic mass is 10.0. The van der Waals surface area contributed by atoms with Gasteiger partial charge in [0.2, 0.25) is 0 Å². The molecule has 0 aliphatic rings. The number of nitrogens with two attached hydrogens (primary N) is 1. The van der Waals surface area contributed by atoms with Crippen LogP contribution < -0.4 is 5.73 Å². The van der Waals surface area contributed by atoms with Crippen LogP contribution in [0.3, 0.4) is 0 Å². The summed E-state index contributed by atoms with van der Waals surface area (Å²) in [6.45, 7) is 2.05. The van der Waals surface area contributed by atoms with Crippen molar-refractivity contribution < 1.29 is 10.2 Å². The molecule has 0 rings (SSSR count). The molecule has 3 heteroatoms. The molecule has 9 heavy (non-hydrogen) atoms. The van der Waals surface area contributed by atoms with Gasteiger partial charge in [-0.05, 0) is 12.3 Å². The second-order valence-electron chi connectivity index (χ2n) is 2.47. The lowest BCUT2D eigenvalue weighted by Crippen LogP contribution is -2.27. The van der Waals surface area contributed by atoms with Gasteiger partial charge in [-0.1, -0.05) is 6.92 Å². The molecule has 0 aliphatic heterocycles. The second kappa shape index (κ2) is 4.73. The van der Waals surface area contributed by atoms with Crippen LogP contribution in [0.2, 0.25) is 0 Å². The molecule has 0 radical (unpaired) electrons. The Hall–Kier alpha value is -0.120. The van der Waals surface area contributed by atoms with Gasteiger partial charge in [0.25, 0.3) is 0 Å². The zero-order valence-electron chi connectivity index (χ0n) is 5.75. The Morgan fingerprint density at radius 3 is 2.22 bits per heavy atom. The van der Waals surface area contributed by atoms with Crippen LogP contribution in [0.25, 0.3) is 0 Å². The third-order valence-electron chi connectivity index (χ3n) is 1.25. The zero-order valence-corrected chi connectivity index (χ0v) is 5.75. The first kappa shape index (κ1) is 8.88. The molecule has 0 heterocycles. The molecule has 3 nitrogen and oxygen atoms in total. The number of aliphatic hydroxyl groups is 2. The molecular formula is C6H15NO2. The predicted octanol–water partition coefficient (Wildman–Crippen LogP) is -0.676. The largest absolute Gasteiger partial charge is 0.396 e. The number of hydrogen-bond donors (Lipinski definition) is 3. The van der Waals surface area contributed by atoms with Crippen molar-refractivity contribution in [2.45, 2.75) is 19.4 Å². The fraction of sp³-hybridized carbons (Fsp3) is 1.00. The van der Waals surface area contributed by atoms with Crippen LogP contribution in [0.5, 0.6) is 0 Å². The predicted molar refractivity (Wildman–Crippen MR) is 35.9 cm³/mol. The van der Waals surface area contributed by atoms with E-state index in [0.29, 0.717) is 6.42 Å². The third kappa shape index (κ3) is 4.39. The summed E-state index contributed by atoms with van der Waals surface area (Å²) < 4.78 is 0. The molecule has 0 aromatic heterocycles. The van der Waals surface area contributed by atoms with Crippen LogP contribution in [0.4, 0.5) is 0 Å². The van der Waals surface area contributed by atoms with Crippen molar-refractivity contribution in [3.63, 3.8) is 0 Å².